The number of para-hydroxylation sites is 1. The van der Waals surface area contributed by atoms with E-state index in [9.17, 15) is 15.2 Å². The van der Waals surface area contributed by atoms with Gasteiger partial charge in [0.15, 0.2) is 0 Å². The first-order chi connectivity index (χ1) is 18.6. The fourth-order valence-electron chi connectivity index (χ4n) is 4.94. The number of aromatic nitrogens is 2. The second kappa shape index (κ2) is 10.3. The van der Waals surface area contributed by atoms with Crippen LogP contribution >= 0.6 is 0 Å². The van der Waals surface area contributed by atoms with Gasteiger partial charge in [0.1, 0.15) is 30.3 Å². The van der Waals surface area contributed by atoms with Gasteiger partial charge >= 0.3 is 6.03 Å². The number of amides is 1. The van der Waals surface area contributed by atoms with E-state index in [1.165, 1.54) is 0 Å². The summed E-state index contributed by atoms with van der Waals surface area (Å²) in [6.07, 6.45) is 5.23. The van der Waals surface area contributed by atoms with Gasteiger partial charge in [0, 0.05) is 41.7 Å². The SMILES string of the molecule is N#Cc1cc2c(Oc3cc4ccccc4n3C(=O)NC3CC3)ccnc2cc1OC[C@H](O)CN1CCCC1. The maximum Gasteiger partial charge on any atom is 0.329 e. The molecule has 0 bridgehead atoms. The van der Waals surface area contributed by atoms with Crippen LogP contribution in [0.15, 0.2) is 54.7 Å². The van der Waals surface area contributed by atoms with Gasteiger partial charge in [-0.2, -0.15) is 5.26 Å². The number of nitrogens with one attached hydrogen (secondary N) is 1. The van der Waals surface area contributed by atoms with Gasteiger partial charge in [0.05, 0.1) is 16.6 Å². The van der Waals surface area contributed by atoms with E-state index < -0.39 is 6.10 Å². The van der Waals surface area contributed by atoms with E-state index in [1.54, 1.807) is 29.0 Å². The van der Waals surface area contributed by atoms with E-state index >= 15 is 0 Å². The minimum atomic E-state index is -0.651. The van der Waals surface area contributed by atoms with Crippen LogP contribution in [-0.4, -0.2) is 64.0 Å². The molecular weight excluding hydrogens is 482 g/mol. The van der Waals surface area contributed by atoms with E-state index in [0.717, 1.165) is 49.7 Å². The van der Waals surface area contributed by atoms with Crippen LogP contribution in [0, 0.1) is 11.3 Å². The van der Waals surface area contributed by atoms with Crippen molar-refractivity contribution in [2.45, 2.75) is 37.8 Å². The highest BCUT2D eigenvalue weighted by atomic mass is 16.5. The number of aliphatic hydroxyl groups excluding tert-OH is 1. The van der Waals surface area contributed by atoms with Crippen LogP contribution in [0.1, 0.15) is 31.2 Å². The molecule has 38 heavy (non-hydrogen) atoms. The molecule has 2 aromatic heterocycles. The normalized spacial score (nSPS) is 16.4. The molecule has 3 heterocycles. The summed E-state index contributed by atoms with van der Waals surface area (Å²) >= 11 is 0. The fraction of sp³-hybridized carbons (Fsp3) is 0.345. The Morgan fingerprint density at radius 3 is 2.76 bits per heavy atom. The fourth-order valence-corrected chi connectivity index (χ4v) is 4.94. The van der Waals surface area contributed by atoms with Crippen molar-refractivity contribution in [2.24, 2.45) is 0 Å². The van der Waals surface area contributed by atoms with Gasteiger partial charge in [-0.25, -0.2) is 9.36 Å². The predicted molar refractivity (Wildman–Crippen MR) is 143 cm³/mol. The van der Waals surface area contributed by atoms with Crippen LogP contribution in [0.2, 0.25) is 0 Å². The number of pyridine rings is 1. The summed E-state index contributed by atoms with van der Waals surface area (Å²) in [5.41, 5.74) is 1.64. The molecule has 1 aliphatic heterocycles. The first kappa shape index (κ1) is 24.2. The summed E-state index contributed by atoms with van der Waals surface area (Å²) in [6, 6.07) is 16.7. The van der Waals surface area contributed by atoms with Crippen molar-refractivity contribution >= 4 is 27.8 Å². The Balaban J connectivity index is 1.28. The Kier molecular flexibility index (Phi) is 6.58. The summed E-state index contributed by atoms with van der Waals surface area (Å²) < 4.78 is 13.7. The van der Waals surface area contributed by atoms with Crippen LogP contribution in [0.4, 0.5) is 4.79 Å². The molecule has 0 spiro atoms. The topological polar surface area (TPSA) is 113 Å². The van der Waals surface area contributed by atoms with Crippen LogP contribution < -0.4 is 14.8 Å². The van der Waals surface area contributed by atoms with Crippen LogP contribution in [0.25, 0.3) is 21.8 Å². The molecule has 4 aromatic rings. The van der Waals surface area contributed by atoms with Crippen LogP contribution in [0.5, 0.6) is 17.4 Å². The number of fused-ring (bicyclic) bond motifs is 2. The van der Waals surface area contributed by atoms with Gasteiger partial charge in [0.25, 0.3) is 0 Å². The molecule has 2 N–H and O–H groups in total. The lowest BCUT2D eigenvalue weighted by atomic mass is 10.1. The first-order valence-corrected chi connectivity index (χ1v) is 13.0. The van der Waals surface area contributed by atoms with Gasteiger partial charge in [-0.15, -0.1) is 0 Å². The standard InChI is InChI=1S/C29H29N5O4/c30-16-20-13-23-24(15-27(20)37-18-22(35)17-33-11-3-4-12-33)31-10-9-26(23)38-28-14-19-5-1-2-6-25(19)34(28)29(36)32-21-7-8-21/h1-2,5-6,9-10,13-15,21-22,35H,3-4,7-8,11-12,17-18H2,(H,32,36)/t22-/m1/s1. The maximum atomic E-state index is 13.1. The van der Waals surface area contributed by atoms with Crippen molar-refractivity contribution in [3.63, 3.8) is 0 Å². The maximum absolute atomic E-state index is 13.1. The zero-order valence-corrected chi connectivity index (χ0v) is 21.0. The van der Waals surface area contributed by atoms with E-state index in [0.29, 0.717) is 40.4 Å². The van der Waals surface area contributed by atoms with Crippen molar-refractivity contribution in [3.05, 3.63) is 60.3 Å². The number of nitriles is 1. The Bertz CT molecular complexity index is 1530. The third-order valence-corrected chi connectivity index (χ3v) is 7.02. The molecular formula is C29H29N5O4. The lowest BCUT2D eigenvalue weighted by Crippen LogP contribution is -2.33. The Hall–Kier alpha value is -4.13. The number of benzene rings is 2. The largest absolute Gasteiger partial charge is 0.489 e. The predicted octanol–water partition coefficient (Wildman–Crippen LogP) is 4.41. The van der Waals surface area contributed by atoms with E-state index in [2.05, 4.69) is 21.3 Å². The van der Waals surface area contributed by atoms with Gasteiger partial charge in [0.2, 0.25) is 5.88 Å². The highest BCUT2D eigenvalue weighted by molar-refractivity contribution is 5.95. The average molecular weight is 512 g/mol. The molecule has 1 saturated heterocycles. The Morgan fingerprint density at radius 2 is 1.97 bits per heavy atom. The molecule has 9 nitrogen and oxygen atoms in total. The summed E-state index contributed by atoms with van der Waals surface area (Å²) in [6.45, 7) is 2.62. The smallest absolute Gasteiger partial charge is 0.329 e. The van der Waals surface area contributed by atoms with Gasteiger partial charge < -0.3 is 24.8 Å². The van der Waals surface area contributed by atoms with Crippen molar-refractivity contribution in [2.75, 3.05) is 26.2 Å². The van der Waals surface area contributed by atoms with Crippen LogP contribution in [0.3, 0.4) is 0 Å². The molecule has 1 saturated carbocycles. The lowest BCUT2D eigenvalue weighted by molar-refractivity contribution is 0.0758. The highest BCUT2D eigenvalue weighted by Gasteiger charge is 2.26. The second-order valence-electron chi connectivity index (χ2n) is 9.96. The summed E-state index contributed by atoms with van der Waals surface area (Å²) in [5.74, 6) is 1.21. The molecule has 2 aromatic carbocycles. The molecule has 9 heteroatoms. The molecule has 2 aliphatic rings. The van der Waals surface area contributed by atoms with E-state index in [-0.39, 0.29) is 18.7 Å². The third kappa shape index (κ3) is 5.01. The van der Waals surface area contributed by atoms with Crippen molar-refractivity contribution in [1.82, 2.24) is 19.8 Å². The van der Waals surface area contributed by atoms with Crippen molar-refractivity contribution in [3.8, 4) is 23.4 Å². The van der Waals surface area contributed by atoms with Crippen molar-refractivity contribution < 1.29 is 19.4 Å². The minimum absolute atomic E-state index is 0.0864. The number of hydrogen-bond donors (Lipinski definition) is 2. The van der Waals surface area contributed by atoms with Gasteiger partial charge in [-0.05, 0) is 57.0 Å². The monoisotopic (exact) mass is 511 g/mol. The lowest BCUT2D eigenvalue weighted by Gasteiger charge is -2.20. The Labute approximate surface area is 220 Å². The second-order valence-corrected chi connectivity index (χ2v) is 9.96. The molecule has 2 fully saturated rings. The first-order valence-electron chi connectivity index (χ1n) is 13.0. The number of nitrogens with zero attached hydrogens (tertiary/aromatic N) is 4. The number of carbonyl (C=O) groups is 1. The molecule has 1 atom stereocenters. The summed E-state index contributed by atoms with van der Waals surface area (Å²) in [7, 11) is 0. The summed E-state index contributed by atoms with van der Waals surface area (Å²) in [4.78, 5) is 19.8. The number of aliphatic hydroxyl groups is 1. The molecule has 1 amide bonds. The quantitative estimate of drug-likeness (QED) is 0.360. The molecule has 1 aliphatic carbocycles. The van der Waals surface area contributed by atoms with Crippen molar-refractivity contribution in [1.29, 1.82) is 5.26 Å². The number of carbonyl (C=O) groups excluding carboxylic acids is 1. The average Bonchev–Trinajstić information content (AvgIpc) is 3.44. The van der Waals surface area contributed by atoms with Crippen LogP contribution in [-0.2, 0) is 0 Å². The third-order valence-electron chi connectivity index (χ3n) is 7.02. The zero-order chi connectivity index (χ0) is 26.1. The highest BCUT2D eigenvalue weighted by Crippen LogP contribution is 2.35. The molecule has 194 valence electrons. The Morgan fingerprint density at radius 1 is 1.16 bits per heavy atom. The number of ether oxygens (including phenoxy) is 2. The minimum Gasteiger partial charge on any atom is -0.489 e. The van der Waals surface area contributed by atoms with E-state index in [4.69, 9.17) is 9.47 Å². The van der Waals surface area contributed by atoms with Gasteiger partial charge in [-0.3, -0.25) is 4.98 Å². The molecule has 6 rings (SSSR count). The zero-order valence-electron chi connectivity index (χ0n) is 21.0. The number of rotatable bonds is 8. The molecule has 0 radical (unpaired) electrons. The van der Waals surface area contributed by atoms with Gasteiger partial charge in [-0.1, -0.05) is 18.2 Å². The molecule has 0 unspecified atom stereocenters. The number of β-amino-alcohol motifs (C(OH)–C–C–N with tert-alkyl or cyclic N) is 1. The number of hydrogen-bond acceptors (Lipinski definition) is 7. The number of likely N-dealkylation sites (tertiary alicyclic amines) is 1. The summed E-state index contributed by atoms with van der Waals surface area (Å²) in [5, 5.41) is 24.8. The van der Waals surface area contributed by atoms with E-state index in [1.807, 2.05) is 30.3 Å².